The Balaban J connectivity index is 0.00000162. The van der Waals surface area contributed by atoms with Gasteiger partial charge in [0.05, 0.1) is 11.8 Å². The number of rotatable bonds is 2. The fourth-order valence-electron chi connectivity index (χ4n) is 2.08. The molecule has 1 aliphatic rings. The van der Waals surface area contributed by atoms with E-state index < -0.39 is 5.82 Å². The highest BCUT2D eigenvalue weighted by Crippen LogP contribution is 2.13. The van der Waals surface area contributed by atoms with Crippen LogP contribution in [0.3, 0.4) is 0 Å². The Morgan fingerprint density at radius 2 is 2.00 bits per heavy atom. The molecule has 1 aliphatic heterocycles. The molecule has 1 fully saturated rings. The Kier molecular flexibility index (Phi) is 7.90. The lowest BCUT2D eigenvalue weighted by molar-refractivity contribution is 0.0706. The van der Waals surface area contributed by atoms with Crippen LogP contribution in [0.25, 0.3) is 0 Å². The minimum absolute atomic E-state index is 0. The molecule has 19 heavy (non-hydrogen) atoms. The van der Waals surface area contributed by atoms with Crippen molar-refractivity contribution in [2.24, 2.45) is 0 Å². The first kappa shape index (κ1) is 18.1. The van der Waals surface area contributed by atoms with Crippen LogP contribution >= 0.6 is 24.8 Å². The van der Waals surface area contributed by atoms with E-state index in [9.17, 15) is 9.18 Å². The average molecular weight is 310 g/mol. The highest BCUT2D eigenvalue weighted by atomic mass is 35.5. The number of amides is 1. The van der Waals surface area contributed by atoms with E-state index in [4.69, 9.17) is 0 Å². The van der Waals surface area contributed by atoms with Crippen molar-refractivity contribution >= 4 is 30.7 Å². The molecule has 2 rings (SSSR count). The van der Waals surface area contributed by atoms with Gasteiger partial charge in [0.25, 0.3) is 5.91 Å². The van der Waals surface area contributed by atoms with Crippen molar-refractivity contribution in [3.63, 3.8) is 0 Å². The fourth-order valence-corrected chi connectivity index (χ4v) is 2.08. The lowest BCUT2D eigenvalue weighted by Gasteiger charge is -2.31. The van der Waals surface area contributed by atoms with E-state index in [1.165, 1.54) is 12.3 Å². The molecule has 0 atom stereocenters. The second kappa shape index (κ2) is 8.30. The van der Waals surface area contributed by atoms with E-state index in [0.29, 0.717) is 24.7 Å². The van der Waals surface area contributed by atoms with Gasteiger partial charge in [0.1, 0.15) is 5.82 Å². The molecule has 1 amide bonds. The third-order valence-electron chi connectivity index (χ3n) is 3.14. The molecule has 7 heteroatoms. The normalized spacial score (nSPS) is 15.4. The molecule has 108 valence electrons. The van der Waals surface area contributed by atoms with Crippen LogP contribution in [-0.2, 0) is 0 Å². The molecular weight excluding hydrogens is 292 g/mol. The van der Waals surface area contributed by atoms with Crippen LogP contribution in [0, 0.1) is 5.82 Å². The van der Waals surface area contributed by atoms with Gasteiger partial charge in [0.2, 0.25) is 0 Å². The quantitative estimate of drug-likeness (QED) is 0.907. The highest BCUT2D eigenvalue weighted by Gasteiger charge is 2.22. The zero-order valence-electron chi connectivity index (χ0n) is 10.6. The third-order valence-corrected chi connectivity index (χ3v) is 3.14. The number of hydrogen-bond acceptors (Lipinski definition) is 3. The summed E-state index contributed by atoms with van der Waals surface area (Å²) in [5, 5.41) is 3.20. The first-order valence-electron chi connectivity index (χ1n) is 5.78. The van der Waals surface area contributed by atoms with Crippen LogP contribution in [0.2, 0.25) is 0 Å². The minimum Gasteiger partial charge on any atom is -0.338 e. The average Bonchev–Trinajstić information content (AvgIpc) is 2.38. The number of aromatic nitrogens is 1. The molecule has 0 bridgehead atoms. The van der Waals surface area contributed by atoms with Crippen LogP contribution < -0.4 is 5.32 Å². The summed E-state index contributed by atoms with van der Waals surface area (Å²) in [4.78, 5) is 17.5. The Hall–Kier alpha value is -0.910. The van der Waals surface area contributed by atoms with Gasteiger partial charge in [0, 0.05) is 25.3 Å². The first-order valence-corrected chi connectivity index (χ1v) is 5.78. The molecule has 1 aromatic rings. The van der Waals surface area contributed by atoms with E-state index in [0.717, 1.165) is 19.0 Å². The number of carbonyl (C=O) groups is 1. The maximum Gasteiger partial charge on any atom is 0.255 e. The Morgan fingerprint density at radius 3 is 2.53 bits per heavy atom. The number of hydrogen-bond donors (Lipinski definition) is 1. The first-order chi connectivity index (χ1) is 8.20. The zero-order valence-corrected chi connectivity index (χ0v) is 12.3. The lowest BCUT2D eigenvalue weighted by atomic mass is 10.0. The van der Waals surface area contributed by atoms with Gasteiger partial charge in [-0.1, -0.05) is 0 Å². The smallest absolute Gasteiger partial charge is 0.255 e. The standard InChI is InChI=1S/C12H16FN3O.2ClH/c1-14-11-2-4-16(5-3-11)12(17)9-6-10(13)8-15-7-9;;/h6-8,11,14H,2-5H2,1H3;2*1H. The summed E-state index contributed by atoms with van der Waals surface area (Å²) in [6, 6.07) is 1.71. The summed E-state index contributed by atoms with van der Waals surface area (Å²) >= 11 is 0. The summed E-state index contributed by atoms with van der Waals surface area (Å²) in [5.41, 5.74) is 0.327. The predicted molar refractivity (Wildman–Crippen MR) is 76.7 cm³/mol. The highest BCUT2D eigenvalue weighted by molar-refractivity contribution is 5.93. The number of nitrogens with one attached hydrogen (secondary N) is 1. The molecule has 4 nitrogen and oxygen atoms in total. The maximum atomic E-state index is 13.0. The van der Waals surface area contributed by atoms with E-state index in [1.807, 2.05) is 7.05 Å². The van der Waals surface area contributed by atoms with Crippen molar-refractivity contribution in [1.82, 2.24) is 15.2 Å². The molecule has 0 saturated carbocycles. The Morgan fingerprint density at radius 1 is 1.37 bits per heavy atom. The van der Waals surface area contributed by atoms with Gasteiger partial charge in [-0.05, 0) is 26.0 Å². The zero-order chi connectivity index (χ0) is 12.3. The molecule has 1 aromatic heterocycles. The molecule has 0 unspecified atom stereocenters. The second-order valence-electron chi connectivity index (χ2n) is 4.25. The second-order valence-corrected chi connectivity index (χ2v) is 4.25. The van der Waals surface area contributed by atoms with Crippen molar-refractivity contribution in [2.75, 3.05) is 20.1 Å². The van der Waals surface area contributed by atoms with Gasteiger partial charge in [-0.3, -0.25) is 9.78 Å². The van der Waals surface area contributed by atoms with Crippen LogP contribution in [0.1, 0.15) is 23.2 Å². The number of carbonyl (C=O) groups excluding carboxylic acids is 1. The van der Waals surface area contributed by atoms with Gasteiger partial charge < -0.3 is 10.2 Å². The van der Waals surface area contributed by atoms with Crippen molar-refractivity contribution in [2.45, 2.75) is 18.9 Å². The Labute approximate surface area is 124 Å². The molecule has 0 spiro atoms. The summed E-state index contributed by atoms with van der Waals surface area (Å²) in [6.07, 6.45) is 4.38. The van der Waals surface area contributed by atoms with E-state index in [2.05, 4.69) is 10.3 Å². The van der Waals surface area contributed by atoms with Crippen molar-refractivity contribution < 1.29 is 9.18 Å². The summed E-state index contributed by atoms with van der Waals surface area (Å²) in [5.74, 6) is -0.604. The number of pyridine rings is 1. The number of likely N-dealkylation sites (tertiary alicyclic amines) is 1. The molecule has 1 N–H and O–H groups in total. The number of halogens is 3. The molecule has 2 heterocycles. The summed E-state index contributed by atoms with van der Waals surface area (Å²) in [6.45, 7) is 1.42. The van der Waals surface area contributed by atoms with E-state index in [-0.39, 0.29) is 30.7 Å². The molecule has 0 aliphatic carbocycles. The van der Waals surface area contributed by atoms with Crippen molar-refractivity contribution in [3.05, 3.63) is 29.8 Å². The van der Waals surface area contributed by atoms with Crippen molar-refractivity contribution in [1.29, 1.82) is 0 Å². The summed E-state index contributed by atoms with van der Waals surface area (Å²) in [7, 11) is 1.93. The monoisotopic (exact) mass is 309 g/mol. The van der Waals surface area contributed by atoms with Crippen LogP contribution in [0.15, 0.2) is 18.5 Å². The number of piperidine rings is 1. The largest absolute Gasteiger partial charge is 0.338 e. The van der Waals surface area contributed by atoms with E-state index in [1.54, 1.807) is 4.90 Å². The van der Waals surface area contributed by atoms with Crippen LogP contribution in [0.4, 0.5) is 4.39 Å². The third kappa shape index (κ3) is 4.60. The van der Waals surface area contributed by atoms with Gasteiger partial charge in [-0.2, -0.15) is 0 Å². The molecule has 0 aromatic carbocycles. The molecular formula is C12H18Cl2FN3O. The van der Waals surface area contributed by atoms with Crippen molar-refractivity contribution in [3.8, 4) is 0 Å². The number of nitrogens with zero attached hydrogens (tertiary/aromatic N) is 2. The summed E-state index contributed by atoms with van der Waals surface area (Å²) < 4.78 is 13.0. The lowest BCUT2D eigenvalue weighted by Crippen LogP contribution is -2.44. The minimum atomic E-state index is -0.471. The van der Waals surface area contributed by atoms with Gasteiger partial charge in [0.15, 0.2) is 0 Å². The van der Waals surface area contributed by atoms with Gasteiger partial charge >= 0.3 is 0 Å². The maximum absolute atomic E-state index is 13.0. The molecule has 1 saturated heterocycles. The predicted octanol–water partition coefficient (Wildman–Crippen LogP) is 1.89. The topological polar surface area (TPSA) is 45.2 Å². The van der Waals surface area contributed by atoms with E-state index >= 15 is 0 Å². The van der Waals surface area contributed by atoms with Crippen LogP contribution in [-0.4, -0.2) is 42.0 Å². The van der Waals surface area contributed by atoms with Gasteiger partial charge in [-0.15, -0.1) is 24.8 Å². The SMILES string of the molecule is CNC1CCN(C(=O)c2cncc(F)c2)CC1.Cl.Cl. The van der Waals surface area contributed by atoms with Crippen LogP contribution in [0.5, 0.6) is 0 Å². The molecule has 0 radical (unpaired) electrons. The Bertz CT molecular complexity index is 412. The van der Waals surface area contributed by atoms with Gasteiger partial charge in [-0.25, -0.2) is 4.39 Å². The fraction of sp³-hybridized carbons (Fsp3) is 0.500.